The van der Waals surface area contributed by atoms with Crippen molar-refractivity contribution >= 4 is 11.6 Å². The Kier molecular flexibility index (Phi) is 4.26. The maximum atomic E-state index is 12.7. The molecule has 4 heteroatoms. The zero-order chi connectivity index (χ0) is 16.9. The predicted molar refractivity (Wildman–Crippen MR) is 92.7 cm³/mol. The largest absolute Gasteiger partial charge is 0.506 e. The van der Waals surface area contributed by atoms with Crippen LogP contribution in [-0.2, 0) is 0 Å². The number of rotatable bonds is 3. The second kappa shape index (κ2) is 6.67. The Bertz CT molecular complexity index is 942. The first kappa shape index (κ1) is 15.3. The van der Waals surface area contributed by atoms with Crippen molar-refractivity contribution in [1.29, 1.82) is 5.26 Å². The van der Waals surface area contributed by atoms with Crippen LogP contribution in [0.4, 0.5) is 5.69 Å². The summed E-state index contributed by atoms with van der Waals surface area (Å²) in [7, 11) is 0. The van der Waals surface area contributed by atoms with E-state index in [-0.39, 0.29) is 11.7 Å². The predicted octanol–water partition coefficient (Wildman–Crippen LogP) is 4.18. The molecule has 0 unspecified atom stereocenters. The first-order valence-corrected chi connectivity index (χ1v) is 7.38. The molecule has 4 nitrogen and oxygen atoms in total. The molecular formula is C20H14N2O2. The van der Waals surface area contributed by atoms with Crippen molar-refractivity contribution in [2.24, 2.45) is 0 Å². The maximum absolute atomic E-state index is 12.7. The highest BCUT2D eigenvalue weighted by molar-refractivity contribution is 6.09. The van der Waals surface area contributed by atoms with E-state index >= 15 is 0 Å². The molecule has 0 fully saturated rings. The quantitative estimate of drug-likeness (QED) is 0.712. The summed E-state index contributed by atoms with van der Waals surface area (Å²) < 4.78 is 0. The number of phenols is 1. The van der Waals surface area contributed by atoms with E-state index in [1.54, 1.807) is 48.5 Å². The van der Waals surface area contributed by atoms with E-state index in [4.69, 9.17) is 0 Å². The number of para-hydroxylation sites is 2. The van der Waals surface area contributed by atoms with Gasteiger partial charge in [-0.05, 0) is 29.8 Å². The van der Waals surface area contributed by atoms with Gasteiger partial charge in [0.05, 0.1) is 17.3 Å². The maximum Gasteiger partial charge on any atom is 0.256 e. The lowest BCUT2D eigenvalue weighted by Crippen LogP contribution is -2.13. The first-order valence-electron chi connectivity index (χ1n) is 7.38. The van der Waals surface area contributed by atoms with Crippen molar-refractivity contribution in [1.82, 2.24) is 0 Å². The molecule has 0 radical (unpaired) electrons. The number of anilines is 1. The van der Waals surface area contributed by atoms with E-state index < -0.39 is 0 Å². The molecule has 1 amide bonds. The number of hydrogen-bond donors (Lipinski definition) is 2. The summed E-state index contributed by atoms with van der Waals surface area (Å²) in [5.41, 5.74) is 2.64. The molecule has 3 aromatic carbocycles. The number of carbonyl (C=O) groups is 1. The number of aromatic hydroxyl groups is 1. The first-order chi connectivity index (χ1) is 11.7. The smallest absolute Gasteiger partial charge is 0.256 e. The average molecular weight is 314 g/mol. The summed E-state index contributed by atoms with van der Waals surface area (Å²) >= 11 is 0. The van der Waals surface area contributed by atoms with Gasteiger partial charge < -0.3 is 10.4 Å². The minimum atomic E-state index is -0.347. The minimum Gasteiger partial charge on any atom is -0.506 e. The fourth-order valence-electron chi connectivity index (χ4n) is 2.50. The lowest BCUT2D eigenvalue weighted by molar-refractivity contribution is 0.102. The normalized spacial score (nSPS) is 9.96. The van der Waals surface area contributed by atoms with Crippen LogP contribution in [0.25, 0.3) is 11.1 Å². The third-order valence-corrected chi connectivity index (χ3v) is 3.66. The van der Waals surface area contributed by atoms with Crippen molar-refractivity contribution in [2.75, 3.05) is 5.32 Å². The molecule has 0 aliphatic carbocycles. The monoisotopic (exact) mass is 314 g/mol. The molecular weight excluding hydrogens is 300 g/mol. The van der Waals surface area contributed by atoms with Gasteiger partial charge in [0.1, 0.15) is 5.75 Å². The SMILES string of the molecule is N#Cc1ccccc1-c1ccccc1C(=O)Nc1ccccc1O. The molecule has 116 valence electrons. The van der Waals surface area contributed by atoms with Gasteiger partial charge in [0.2, 0.25) is 0 Å². The molecule has 0 heterocycles. The summed E-state index contributed by atoms with van der Waals surface area (Å²) in [6.45, 7) is 0. The van der Waals surface area contributed by atoms with Gasteiger partial charge in [-0.25, -0.2) is 0 Å². The second-order valence-corrected chi connectivity index (χ2v) is 5.17. The van der Waals surface area contributed by atoms with Crippen LogP contribution in [0.5, 0.6) is 5.75 Å². The highest BCUT2D eigenvalue weighted by Gasteiger charge is 2.15. The highest BCUT2D eigenvalue weighted by atomic mass is 16.3. The van der Waals surface area contributed by atoms with Crippen molar-refractivity contribution in [3.8, 4) is 22.9 Å². The Hall–Kier alpha value is -3.58. The number of phenolic OH excluding ortho intramolecular Hbond substituents is 1. The van der Waals surface area contributed by atoms with E-state index in [1.807, 2.05) is 18.2 Å². The van der Waals surface area contributed by atoms with Crippen LogP contribution in [-0.4, -0.2) is 11.0 Å². The molecule has 0 atom stereocenters. The molecule has 0 aliphatic heterocycles. The van der Waals surface area contributed by atoms with E-state index in [9.17, 15) is 15.2 Å². The minimum absolute atomic E-state index is 0.000700. The molecule has 0 spiro atoms. The number of benzene rings is 3. The topological polar surface area (TPSA) is 73.1 Å². The van der Waals surface area contributed by atoms with Crippen molar-refractivity contribution in [3.05, 3.63) is 83.9 Å². The zero-order valence-corrected chi connectivity index (χ0v) is 12.7. The van der Waals surface area contributed by atoms with Crippen LogP contribution in [0.1, 0.15) is 15.9 Å². The Morgan fingerprint density at radius 3 is 2.25 bits per heavy atom. The Labute approximate surface area is 139 Å². The standard InChI is InChI=1S/C20H14N2O2/c21-13-14-7-1-2-8-15(14)16-9-3-4-10-17(16)20(24)22-18-11-5-6-12-19(18)23/h1-12,23H,(H,22,24). The molecule has 0 saturated heterocycles. The van der Waals surface area contributed by atoms with E-state index in [2.05, 4.69) is 11.4 Å². The van der Waals surface area contributed by atoms with Crippen molar-refractivity contribution in [3.63, 3.8) is 0 Å². The third kappa shape index (κ3) is 2.96. The van der Waals surface area contributed by atoms with Gasteiger partial charge >= 0.3 is 0 Å². The Morgan fingerprint density at radius 2 is 1.50 bits per heavy atom. The van der Waals surface area contributed by atoms with Gasteiger partial charge in [-0.15, -0.1) is 0 Å². The third-order valence-electron chi connectivity index (χ3n) is 3.66. The molecule has 24 heavy (non-hydrogen) atoms. The summed E-state index contributed by atoms with van der Waals surface area (Å²) in [5.74, 6) is -0.347. The summed E-state index contributed by atoms with van der Waals surface area (Å²) in [4.78, 5) is 12.7. The van der Waals surface area contributed by atoms with Gasteiger partial charge in [-0.1, -0.05) is 48.5 Å². The molecule has 0 aliphatic rings. The Morgan fingerprint density at radius 1 is 0.875 bits per heavy atom. The van der Waals surface area contributed by atoms with Crippen LogP contribution < -0.4 is 5.32 Å². The van der Waals surface area contributed by atoms with Gasteiger partial charge in [-0.2, -0.15) is 5.26 Å². The summed E-state index contributed by atoms with van der Waals surface area (Å²) in [6, 6.07) is 22.9. The number of amides is 1. The Balaban J connectivity index is 2.03. The average Bonchev–Trinajstić information content (AvgIpc) is 2.63. The summed E-state index contributed by atoms with van der Waals surface area (Å²) in [6.07, 6.45) is 0. The number of nitrogens with zero attached hydrogens (tertiary/aromatic N) is 1. The van der Waals surface area contributed by atoms with Crippen molar-refractivity contribution < 1.29 is 9.90 Å². The van der Waals surface area contributed by atoms with Crippen LogP contribution in [0.3, 0.4) is 0 Å². The van der Waals surface area contributed by atoms with Gasteiger partial charge in [-0.3, -0.25) is 4.79 Å². The van der Waals surface area contributed by atoms with Gasteiger partial charge in [0.15, 0.2) is 0 Å². The molecule has 3 rings (SSSR count). The number of hydrogen-bond acceptors (Lipinski definition) is 3. The fraction of sp³-hybridized carbons (Fsp3) is 0. The number of nitrogens with one attached hydrogen (secondary N) is 1. The van der Waals surface area contributed by atoms with E-state index in [0.717, 1.165) is 0 Å². The highest BCUT2D eigenvalue weighted by Crippen LogP contribution is 2.28. The molecule has 2 N–H and O–H groups in total. The molecule has 0 bridgehead atoms. The molecule has 0 aromatic heterocycles. The number of nitriles is 1. The van der Waals surface area contributed by atoms with E-state index in [0.29, 0.717) is 27.9 Å². The fourth-order valence-corrected chi connectivity index (χ4v) is 2.50. The van der Waals surface area contributed by atoms with E-state index in [1.165, 1.54) is 6.07 Å². The van der Waals surface area contributed by atoms with Gasteiger partial charge in [0, 0.05) is 11.1 Å². The second-order valence-electron chi connectivity index (χ2n) is 5.17. The zero-order valence-electron chi connectivity index (χ0n) is 12.7. The van der Waals surface area contributed by atoms with Crippen LogP contribution in [0, 0.1) is 11.3 Å². The van der Waals surface area contributed by atoms with Crippen LogP contribution in [0.15, 0.2) is 72.8 Å². The molecule has 3 aromatic rings. The van der Waals surface area contributed by atoms with Crippen LogP contribution in [0.2, 0.25) is 0 Å². The van der Waals surface area contributed by atoms with Gasteiger partial charge in [0.25, 0.3) is 5.91 Å². The lowest BCUT2D eigenvalue weighted by atomic mass is 9.95. The molecule has 0 saturated carbocycles. The number of carbonyl (C=O) groups excluding carboxylic acids is 1. The summed E-state index contributed by atoms with van der Waals surface area (Å²) in [5, 5.41) is 21.8. The van der Waals surface area contributed by atoms with Crippen LogP contribution >= 0.6 is 0 Å². The van der Waals surface area contributed by atoms with Crippen molar-refractivity contribution in [2.45, 2.75) is 0 Å². The lowest BCUT2D eigenvalue weighted by Gasteiger charge is -2.12.